The minimum absolute atomic E-state index is 0.163. The summed E-state index contributed by atoms with van der Waals surface area (Å²) in [7, 11) is 0. The first-order valence-electron chi connectivity index (χ1n) is 14.2. The fourth-order valence-corrected chi connectivity index (χ4v) is 3.13. The zero-order valence-electron chi connectivity index (χ0n) is 24.6. The number of hydrogen-bond donors (Lipinski definition) is 2. The number of aliphatic hydroxyl groups excluding tert-OH is 1. The number of nitrogens with zero attached hydrogens (tertiary/aromatic N) is 1. The number of morpholine rings is 1. The molecule has 1 amide bonds. The van der Waals surface area contributed by atoms with E-state index in [1.807, 2.05) is 0 Å². The Bertz CT molecular complexity index is 816. The molecular weight excluding hydrogens is 352 g/mol. The van der Waals surface area contributed by atoms with E-state index in [0.717, 1.165) is 32.1 Å². The van der Waals surface area contributed by atoms with Gasteiger partial charge in [-0.15, -0.1) is 0 Å². The molecule has 0 unspecified atom stereocenters. The maximum absolute atomic E-state index is 12.7. The largest absolute Gasteiger partial charge is 0.386 e. The molecule has 1 fully saturated rings. The summed E-state index contributed by atoms with van der Waals surface area (Å²) in [6.45, 7) is -11.2. The molecule has 158 valence electrons. The van der Waals surface area contributed by atoms with Crippen molar-refractivity contribution < 1.29 is 25.6 Å². The van der Waals surface area contributed by atoms with Gasteiger partial charge >= 0.3 is 0 Å². The lowest BCUT2D eigenvalue weighted by Crippen LogP contribution is -2.49. The SMILES string of the molecule is [2H]C1([2H])OC([2H])([2H])C([2H])([2H])N(C[C@@H](NC(=O)CCCCCCCCC)[C@H](O)c2ccccc2)C1([2H])[2H]. The lowest BCUT2D eigenvalue weighted by molar-refractivity contribution is -0.123. The highest BCUT2D eigenvalue weighted by molar-refractivity contribution is 5.76. The number of ether oxygens (including phenoxy) is 1. The van der Waals surface area contributed by atoms with Crippen molar-refractivity contribution in [2.75, 3.05) is 32.7 Å². The Hall–Kier alpha value is -1.43. The van der Waals surface area contributed by atoms with Gasteiger partial charge in [-0.25, -0.2) is 0 Å². The van der Waals surface area contributed by atoms with E-state index in [1.54, 1.807) is 30.3 Å². The molecule has 1 aromatic carbocycles. The molecule has 0 aliphatic carbocycles. The molecule has 0 bridgehead atoms. The Balaban J connectivity index is 2.21. The van der Waals surface area contributed by atoms with Gasteiger partial charge in [0.25, 0.3) is 0 Å². The summed E-state index contributed by atoms with van der Waals surface area (Å²) in [6, 6.07) is 7.01. The Morgan fingerprint density at radius 2 is 1.79 bits per heavy atom. The fraction of sp³-hybridized carbons (Fsp3) is 0.696. The summed E-state index contributed by atoms with van der Waals surface area (Å²) < 4.78 is 69.1. The van der Waals surface area contributed by atoms with Crippen LogP contribution in [0.25, 0.3) is 0 Å². The summed E-state index contributed by atoms with van der Waals surface area (Å²) in [5.74, 6) is -0.413. The highest BCUT2D eigenvalue weighted by atomic mass is 16.5. The third kappa shape index (κ3) is 8.72. The quantitative estimate of drug-likeness (QED) is 0.498. The maximum atomic E-state index is 12.7. The molecule has 1 aromatic rings. The maximum Gasteiger partial charge on any atom is 0.220 e. The summed E-state index contributed by atoms with van der Waals surface area (Å²) in [5.41, 5.74) is 0.388. The fourth-order valence-electron chi connectivity index (χ4n) is 3.13. The van der Waals surface area contributed by atoms with Crippen LogP contribution in [0.4, 0.5) is 0 Å². The topological polar surface area (TPSA) is 61.8 Å². The Morgan fingerprint density at radius 3 is 2.46 bits per heavy atom. The van der Waals surface area contributed by atoms with Gasteiger partial charge in [-0.1, -0.05) is 75.8 Å². The Kier molecular flexibility index (Phi) is 6.72. The molecule has 5 heteroatoms. The average Bonchev–Trinajstić information content (AvgIpc) is 2.79. The van der Waals surface area contributed by atoms with Gasteiger partial charge in [0.15, 0.2) is 0 Å². The minimum Gasteiger partial charge on any atom is -0.386 e. The zero-order valence-corrected chi connectivity index (χ0v) is 16.6. The van der Waals surface area contributed by atoms with Crippen LogP contribution in [0.5, 0.6) is 0 Å². The van der Waals surface area contributed by atoms with E-state index in [1.165, 1.54) is 6.42 Å². The molecule has 5 nitrogen and oxygen atoms in total. The van der Waals surface area contributed by atoms with E-state index < -0.39 is 50.7 Å². The number of benzene rings is 1. The third-order valence-electron chi connectivity index (χ3n) is 4.72. The van der Waals surface area contributed by atoms with Gasteiger partial charge in [-0.3, -0.25) is 9.69 Å². The van der Waals surface area contributed by atoms with Gasteiger partial charge in [0.05, 0.1) is 24.6 Å². The Morgan fingerprint density at radius 1 is 1.14 bits per heavy atom. The van der Waals surface area contributed by atoms with Crippen LogP contribution >= 0.6 is 0 Å². The molecule has 2 atom stereocenters. The van der Waals surface area contributed by atoms with Crippen molar-refractivity contribution in [1.82, 2.24) is 10.2 Å². The predicted octanol–water partition coefficient (Wildman–Crippen LogP) is 3.68. The van der Waals surface area contributed by atoms with Crippen molar-refractivity contribution in [2.45, 2.75) is 70.4 Å². The number of carbonyl (C=O) groups is 1. The van der Waals surface area contributed by atoms with Crippen molar-refractivity contribution in [2.24, 2.45) is 0 Å². The molecule has 0 radical (unpaired) electrons. The number of rotatable bonds is 13. The molecule has 2 rings (SSSR count). The second kappa shape index (κ2) is 13.7. The number of carbonyl (C=O) groups excluding carboxylic acids is 1. The van der Waals surface area contributed by atoms with Crippen LogP contribution in [-0.4, -0.2) is 54.6 Å². The van der Waals surface area contributed by atoms with Crippen molar-refractivity contribution >= 4 is 5.91 Å². The minimum atomic E-state index is -3.20. The first-order valence-corrected chi connectivity index (χ1v) is 10.2. The van der Waals surface area contributed by atoms with Crippen LogP contribution in [0, 0.1) is 0 Å². The van der Waals surface area contributed by atoms with Crippen LogP contribution < -0.4 is 5.32 Å². The van der Waals surface area contributed by atoms with Crippen molar-refractivity contribution in [3.05, 3.63) is 35.9 Å². The zero-order chi connectivity index (χ0) is 27.2. The standard InChI is InChI=1S/C23H38N2O3/c1-2-3-4-5-6-7-11-14-22(26)24-21(19-25-15-17-28-18-16-25)23(27)20-12-9-8-10-13-20/h8-10,12-13,21,23,27H,2-7,11,14-19H2,1H3,(H,24,26)/t21-,23-/m1/s1/i15D2,16D2,17D2,18D2. The molecule has 0 aromatic heterocycles. The molecule has 0 saturated carbocycles. The average molecular weight is 399 g/mol. The van der Waals surface area contributed by atoms with E-state index in [0.29, 0.717) is 16.9 Å². The summed E-state index contributed by atoms with van der Waals surface area (Å²) in [5, 5.41) is 13.7. The van der Waals surface area contributed by atoms with Gasteiger partial charge in [0, 0.05) is 31.4 Å². The molecule has 0 spiro atoms. The number of aliphatic hydroxyl groups is 1. The van der Waals surface area contributed by atoms with Crippen molar-refractivity contribution in [3.8, 4) is 0 Å². The molecule has 1 heterocycles. The van der Waals surface area contributed by atoms with Crippen LogP contribution in [0.2, 0.25) is 0 Å². The predicted molar refractivity (Wildman–Crippen MR) is 113 cm³/mol. The second-order valence-corrected chi connectivity index (χ2v) is 7.04. The van der Waals surface area contributed by atoms with Crippen LogP contribution in [0.3, 0.4) is 0 Å². The van der Waals surface area contributed by atoms with Crippen LogP contribution in [-0.2, 0) is 9.53 Å². The van der Waals surface area contributed by atoms with Crippen LogP contribution in [0.1, 0.15) is 80.9 Å². The normalized spacial score (nSPS) is 28.6. The first kappa shape index (κ1) is 13.7. The molecule has 28 heavy (non-hydrogen) atoms. The number of unbranched alkanes of at least 4 members (excludes halogenated alkanes) is 6. The van der Waals surface area contributed by atoms with Crippen molar-refractivity contribution in [3.63, 3.8) is 0 Å². The van der Waals surface area contributed by atoms with E-state index in [-0.39, 0.29) is 6.42 Å². The second-order valence-electron chi connectivity index (χ2n) is 7.04. The Labute approximate surface area is 181 Å². The highest BCUT2D eigenvalue weighted by Crippen LogP contribution is 2.18. The summed E-state index contributed by atoms with van der Waals surface area (Å²) in [6.07, 6.45) is 5.84. The smallest absolute Gasteiger partial charge is 0.220 e. The third-order valence-corrected chi connectivity index (χ3v) is 4.72. The highest BCUT2D eigenvalue weighted by Gasteiger charge is 2.26. The van der Waals surface area contributed by atoms with Crippen LogP contribution in [0.15, 0.2) is 30.3 Å². The van der Waals surface area contributed by atoms with E-state index in [2.05, 4.69) is 17.0 Å². The number of amides is 1. The molecular formula is C23H38N2O3. The van der Waals surface area contributed by atoms with Gasteiger partial charge in [-0.05, 0) is 12.0 Å². The lowest BCUT2D eigenvalue weighted by Gasteiger charge is -2.33. The van der Waals surface area contributed by atoms with E-state index in [4.69, 9.17) is 11.0 Å². The molecule has 1 aliphatic rings. The summed E-state index contributed by atoms with van der Waals surface area (Å²) >= 11 is 0. The number of hydrogen-bond acceptors (Lipinski definition) is 4. The van der Waals surface area contributed by atoms with Gasteiger partial charge in [-0.2, -0.15) is 0 Å². The summed E-state index contributed by atoms with van der Waals surface area (Å²) in [4.78, 5) is 13.1. The molecule has 1 aliphatic heterocycles. The van der Waals surface area contributed by atoms with Gasteiger partial charge in [0.1, 0.15) is 6.10 Å². The first-order chi connectivity index (χ1) is 16.7. The molecule has 1 saturated heterocycles. The number of nitrogens with one attached hydrogen (secondary N) is 1. The lowest BCUT2D eigenvalue weighted by atomic mass is 10.0. The van der Waals surface area contributed by atoms with E-state index >= 15 is 0 Å². The molecule has 2 N–H and O–H groups in total. The van der Waals surface area contributed by atoms with Crippen molar-refractivity contribution in [1.29, 1.82) is 0 Å². The van der Waals surface area contributed by atoms with Gasteiger partial charge < -0.3 is 15.2 Å². The van der Waals surface area contributed by atoms with E-state index in [9.17, 15) is 9.90 Å². The van der Waals surface area contributed by atoms with Gasteiger partial charge in [0.2, 0.25) is 5.91 Å². The monoisotopic (exact) mass is 398 g/mol.